The maximum Gasteiger partial charge on any atom is 0.0774 e. The highest BCUT2D eigenvalue weighted by atomic mass is 16.5. The van der Waals surface area contributed by atoms with Crippen LogP contribution in [0.3, 0.4) is 0 Å². The maximum absolute atomic E-state index is 10.5. The first-order valence-corrected chi connectivity index (χ1v) is 8.35. The Labute approximate surface area is 123 Å². The lowest BCUT2D eigenvalue weighted by Crippen LogP contribution is -2.49. The van der Waals surface area contributed by atoms with Crippen molar-refractivity contribution < 1.29 is 9.84 Å². The first-order valence-electron chi connectivity index (χ1n) is 8.35. The molecule has 2 N–H and O–H groups in total. The molecule has 1 saturated heterocycles. The Morgan fingerprint density at radius 2 is 2.10 bits per heavy atom. The van der Waals surface area contributed by atoms with Gasteiger partial charge in [0.25, 0.3) is 0 Å². The summed E-state index contributed by atoms with van der Waals surface area (Å²) in [4.78, 5) is 2.31. The van der Waals surface area contributed by atoms with Gasteiger partial charge in [-0.25, -0.2) is 0 Å². The van der Waals surface area contributed by atoms with E-state index in [0.29, 0.717) is 12.0 Å². The Bertz CT molecular complexity index is 280. The molecule has 20 heavy (non-hydrogen) atoms. The van der Waals surface area contributed by atoms with Crippen molar-refractivity contribution in [3.63, 3.8) is 0 Å². The van der Waals surface area contributed by atoms with Gasteiger partial charge in [-0.15, -0.1) is 0 Å². The van der Waals surface area contributed by atoms with Crippen LogP contribution in [0.1, 0.15) is 45.4 Å². The second-order valence-electron chi connectivity index (χ2n) is 6.81. The van der Waals surface area contributed by atoms with E-state index in [2.05, 4.69) is 24.2 Å². The van der Waals surface area contributed by atoms with Gasteiger partial charge in [0, 0.05) is 31.7 Å². The summed E-state index contributed by atoms with van der Waals surface area (Å²) in [6.07, 6.45) is 6.59. The molecule has 2 fully saturated rings. The number of hydrogen-bond acceptors (Lipinski definition) is 4. The van der Waals surface area contributed by atoms with Gasteiger partial charge in [-0.1, -0.05) is 19.8 Å². The van der Waals surface area contributed by atoms with E-state index in [0.717, 1.165) is 52.1 Å². The molecule has 2 unspecified atom stereocenters. The fourth-order valence-corrected chi connectivity index (χ4v) is 3.73. The van der Waals surface area contributed by atoms with Crippen molar-refractivity contribution in [2.45, 2.75) is 57.1 Å². The van der Waals surface area contributed by atoms with E-state index in [9.17, 15) is 5.11 Å². The van der Waals surface area contributed by atoms with Crippen molar-refractivity contribution in [2.24, 2.45) is 5.92 Å². The lowest BCUT2D eigenvalue weighted by atomic mass is 9.94. The topological polar surface area (TPSA) is 44.7 Å². The summed E-state index contributed by atoms with van der Waals surface area (Å²) in [7, 11) is 2.14. The first-order chi connectivity index (χ1) is 9.63. The predicted octanol–water partition coefficient (Wildman–Crippen LogP) is 1.63. The highest BCUT2D eigenvalue weighted by molar-refractivity contribution is 4.88. The Hall–Kier alpha value is -0.160. The molecule has 0 aromatic rings. The van der Waals surface area contributed by atoms with Crippen LogP contribution in [-0.4, -0.2) is 61.5 Å². The smallest absolute Gasteiger partial charge is 0.0774 e. The van der Waals surface area contributed by atoms with E-state index in [1.54, 1.807) is 0 Å². The van der Waals surface area contributed by atoms with Gasteiger partial charge in [-0.05, 0) is 39.3 Å². The zero-order chi connectivity index (χ0) is 14.4. The zero-order valence-electron chi connectivity index (χ0n) is 13.2. The summed E-state index contributed by atoms with van der Waals surface area (Å²) in [5, 5.41) is 14.2. The number of rotatable bonds is 7. The minimum absolute atomic E-state index is 0.434. The number of hydrogen-bond donors (Lipinski definition) is 2. The van der Waals surface area contributed by atoms with Crippen molar-refractivity contribution in [3.8, 4) is 0 Å². The molecule has 4 heteroatoms. The molecule has 2 atom stereocenters. The molecule has 1 aliphatic heterocycles. The van der Waals surface area contributed by atoms with E-state index in [4.69, 9.17) is 4.74 Å². The molecule has 0 bridgehead atoms. The molecule has 2 aliphatic rings. The summed E-state index contributed by atoms with van der Waals surface area (Å²) in [6, 6.07) is 0.573. The lowest BCUT2D eigenvalue weighted by molar-refractivity contribution is -0.0108. The van der Waals surface area contributed by atoms with Gasteiger partial charge in [-0.3, -0.25) is 0 Å². The Balaban J connectivity index is 1.79. The number of aliphatic hydroxyl groups is 1. The average molecular weight is 284 g/mol. The van der Waals surface area contributed by atoms with Gasteiger partial charge in [0.2, 0.25) is 0 Å². The molecular weight excluding hydrogens is 252 g/mol. The van der Waals surface area contributed by atoms with Gasteiger partial charge in [0.1, 0.15) is 0 Å². The van der Waals surface area contributed by atoms with Crippen LogP contribution in [0.15, 0.2) is 0 Å². The highest BCUT2D eigenvalue weighted by Crippen LogP contribution is 2.30. The normalized spacial score (nSPS) is 30.0. The second kappa shape index (κ2) is 7.74. The molecule has 0 amide bonds. The second-order valence-corrected chi connectivity index (χ2v) is 6.81. The fourth-order valence-electron chi connectivity index (χ4n) is 3.73. The molecule has 2 rings (SSSR count). The van der Waals surface area contributed by atoms with Crippen molar-refractivity contribution >= 4 is 0 Å². The molecule has 1 heterocycles. The van der Waals surface area contributed by atoms with Crippen LogP contribution < -0.4 is 5.32 Å². The minimum atomic E-state index is -0.434. The summed E-state index contributed by atoms with van der Waals surface area (Å²) < 4.78 is 5.66. The fraction of sp³-hybridized carbons (Fsp3) is 1.00. The van der Waals surface area contributed by atoms with Gasteiger partial charge in [-0.2, -0.15) is 0 Å². The summed E-state index contributed by atoms with van der Waals surface area (Å²) >= 11 is 0. The number of ether oxygens (including phenoxy) is 1. The van der Waals surface area contributed by atoms with Gasteiger partial charge >= 0.3 is 0 Å². The van der Waals surface area contributed by atoms with Gasteiger partial charge in [0.15, 0.2) is 0 Å². The zero-order valence-corrected chi connectivity index (χ0v) is 13.2. The largest absolute Gasteiger partial charge is 0.389 e. The Morgan fingerprint density at radius 3 is 2.80 bits per heavy atom. The third-order valence-electron chi connectivity index (χ3n) is 4.78. The maximum atomic E-state index is 10.5. The van der Waals surface area contributed by atoms with Crippen LogP contribution >= 0.6 is 0 Å². The standard InChI is InChI=1S/C16H32N2O2/c1-3-9-17-15-6-10-20-12-14(15)11-18(2)13-16(19)7-4-5-8-16/h14-15,17,19H,3-13H2,1-2H3. The third kappa shape index (κ3) is 4.69. The molecule has 0 aromatic heterocycles. The Morgan fingerprint density at radius 1 is 1.35 bits per heavy atom. The van der Waals surface area contributed by atoms with Crippen LogP contribution in [0.4, 0.5) is 0 Å². The van der Waals surface area contributed by atoms with Crippen molar-refractivity contribution in [1.82, 2.24) is 10.2 Å². The van der Waals surface area contributed by atoms with Crippen LogP contribution in [0, 0.1) is 5.92 Å². The van der Waals surface area contributed by atoms with Crippen molar-refractivity contribution in [2.75, 3.05) is 39.9 Å². The van der Waals surface area contributed by atoms with Crippen molar-refractivity contribution in [3.05, 3.63) is 0 Å². The van der Waals surface area contributed by atoms with Crippen molar-refractivity contribution in [1.29, 1.82) is 0 Å². The minimum Gasteiger partial charge on any atom is -0.389 e. The number of nitrogens with zero attached hydrogens (tertiary/aromatic N) is 1. The van der Waals surface area contributed by atoms with Crippen LogP contribution in [-0.2, 0) is 4.74 Å². The molecule has 0 spiro atoms. The number of nitrogens with one attached hydrogen (secondary N) is 1. The van der Waals surface area contributed by atoms with Crippen LogP contribution in [0.25, 0.3) is 0 Å². The van der Waals surface area contributed by atoms with Crippen LogP contribution in [0.5, 0.6) is 0 Å². The summed E-state index contributed by atoms with van der Waals surface area (Å²) in [5.74, 6) is 0.547. The third-order valence-corrected chi connectivity index (χ3v) is 4.78. The lowest BCUT2D eigenvalue weighted by Gasteiger charge is -2.37. The molecule has 0 radical (unpaired) electrons. The molecule has 1 aliphatic carbocycles. The molecular formula is C16H32N2O2. The van der Waals surface area contributed by atoms with E-state index >= 15 is 0 Å². The quantitative estimate of drug-likeness (QED) is 0.746. The molecule has 4 nitrogen and oxygen atoms in total. The van der Waals surface area contributed by atoms with E-state index in [-0.39, 0.29) is 0 Å². The number of likely N-dealkylation sites (N-methyl/N-ethyl adjacent to an activating group) is 1. The SMILES string of the molecule is CCCNC1CCOCC1CN(C)CC1(O)CCCC1. The van der Waals surface area contributed by atoms with Gasteiger partial charge in [0.05, 0.1) is 12.2 Å². The molecule has 0 aromatic carbocycles. The monoisotopic (exact) mass is 284 g/mol. The average Bonchev–Trinajstić information content (AvgIpc) is 2.84. The van der Waals surface area contributed by atoms with E-state index < -0.39 is 5.60 Å². The highest BCUT2D eigenvalue weighted by Gasteiger charge is 2.33. The Kier molecular flexibility index (Phi) is 6.27. The predicted molar refractivity (Wildman–Crippen MR) is 81.9 cm³/mol. The molecule has 1 saturated carbocycles. The van der Waals surface area contributed by atoms with E-state index in [1.807, 2.05) is 0 Å². The first kappa shape index (κ1) is 16.2. The van der Waals surface area contributed by atoms with E-state index in [1.165, 1.54) is 19.3 Å². The van der Waals surface area contributed by atoms with Crippen LogP contribution in [0.2, 0.25) is 0 Å². The summed E-state index contributed by atoms with van der Waals surface area (Å²) in [5.41, 5.74) is -0.434. The van der Waals surface area contributed by atoms with Gasteiger partial charge < -0.3 is 20.1 Å². The molecule has 118 valence electrons. The summed E-state index contributed by atoms with van der Waals surface area (Å²) in [6.45, 7) is 6.86.